The number of nitrogens with zero attached hydrogens (tertiary/aromatic N) is 3. The molecule has 1 N–H and O–H groups in total. The van der Waals surface area contributed by atoms with Crippen molar-refractivity contribution in [3.05, 3.63) is 71.4 Å². The predicted molar refractivity (Wildman–Crippen MR) is 114 cm³/mol. The van der Waals surface area contributed by atoms with E-state index in [2.05, 4.69) is 15.3 Å². The van der Waals surface area contributed by atoms with Gasteiger partial charge in [-0.3, -0.25) is 9.59 Å². The van der Waals surface area contributed by atoms with Crippen LogP contribution in [0.2, 0.25) is 5.02 Å². The van der Waals surface area contributed by atoms with Gasteiger partial charge < -0.3 is 5.32 Å². The van der Waals surface area contributed by atoms with E-state index in [1.165, 1.54) is 13.2 Å². The van der Waals surface area contributed by atoms with Gasteiger partial charge in [-0.25, -0.2) is 14.9 Å². The van der Waals surface area contributed by atoms with E-state index in [0.29, 0.717) is 16.3 Å². The molecule has 0 aliphatic carbocycles. The number of hydrogen-bond acceptors (Lipinski definition) is 4. The molecule has 0 aliphatic heterocycles. The summed E-state index contributed by atoms with van der Waals surface area (Å²) in [6.07, 6.45) is -3.37. The Hall–Kier alpha value is -3.46. The molecule has 1 aromatic heterocycles. The maximum absolute atomic E-state index is 13.0. The first-order chi connectivity index (χ1) is 15.2. The zero-order valence-electron chi connectivity index (χ0n) is 16.9. The fraction of sp³-hybridized carbons (Fsp3) is 0.182. The fourth-order valence-electron chi connectivity index (χ4n) is 2.89. The monoisotopic (exact) mass is 462 g/mol. The van der Waals surface area contributed by atoms with Crippen molar-refractivity contribution in [1.82, 2.24) is 15.3 Å². The lowest BCUT2D eigenvalue weighted by Gasteiger charge is -2.22. The van der Waals surface area contributed by atoms with Gasteiger partial charge in [0.05, 0.1) is 16.9 Å². The largest absolute Gasteiger partial charge is 0.416 e. The van der Waals surface area contributed by atoms with Gasteiger partial charge in [-0.05, 0) is 42.5 Å². The van der Waals surface area contributed by atoms with Gasteiger partial charge in [0.25, 0.3) is 0 Å². The minimum atomic E-state index is -4.52. The number of rotatable bonds is 6. The third-order valence-corrected chi connectivity index (χ3v) is 4.75. The number of nitrogens with one attached hydrogen (secondary N) is 1. The Bertz CT molecular complexity index is 1120. The van der Waals surface area contributed by atoms with Crippen LogP contribution in [0, 0.1) is 0 Å². The van der Waals surface area contributed by atoms with Crippen molar-refractivity contribution in [2.24, 2.45) is 0 Å². The number of anilines is 2. The zero-order valence-corrected chi connectivity index (χ0v) is 17.6. The van der Waals surface area contributed by atoms with Crippen molar-refractivity contribution in [3.63, 3.8) is 0 Å². The molecule has 0 radical (unpaired) electrons. The Morgan fingerprint density at radius 1 is 1.06 bits per heavy atom. The van der Waals surface area contributed by atoms with Crippen molar-refractivity contribution < 1.29 is 22.8 Å². The van der Waals surface area contributed by atoms with Crippen molar-refractivity contribution in [1.29, 1.82) is 0 Å². The van der Waals surface area contributed by atoms with Crippen molar-refractivity contribution in [3.8, 4) is 11.3 Å². The highest BCUT2D eigenvalue weighted by Gasteiger charge is 2.31. The molecule has 0 fully saturated rings. The molecule has 3 rings (SSSR count). The molecule has 1 heterocycles. The van der Waals surface area contributed by atoms with Gasteiger partial charge in [-0.15, -0.1) is 0 Å². The minimum Gasteiger partial charge on any atom is -0.359 e. The smallest absolute Gasteiger partial charge is 0.359 e. The molecule has 2 amide bonds. The Morgan fingerprint density at radius 2 is 1.78 bits per heavy atom. The molecule has 0 unspecified atom stereocenters. The van der Waals surface area contributed by atoms with E-state index in [0.717, 1.165) is 29.2 Å². The van der Waals surface area contributed by atoms with Crippen LogP contribution >= 0.6 is 11.6 Å². The number of carbonyl (C=O) groups is 2. The number of amides is 2. The van der Waals surface area contributed by atoms with Crippen LogP contribution in [0.5, 0.6) is 0 Å². The molecule has 6 nitrogen and oxygen atoms in total. The molecule has 0 saturated carbocycles. The van der Waals surface area contributed by atoms with E-state index in [1.54, 1.807) is 30.3 Å². The summed E-state index contributed by atoms with van der Waals surface area (Å²) in [6.45, 7) is 0. The maximum Gasteiger partial charge on any atom is 0.416 e. The van der Waals surface area contributed by atoms with Gasteiger partial charge in [-0.2, -0.15) is 13.2 Å². The number of halogens is 4. The van der Waals surface area contributed by atoms with Crippen LogP contribution in [-0.2, 0) is 15.8 Å². The van der Waals surface area contributed by atoms with Crippen LogP contribution < -0.4 is 10.2 Å². The van der Waals surface area contributed by atoms with Crippen LogP contribution in [0.15, 0.2) is 60.8 Å². The van der Waals surface area contributed by atoms with Gasteiger partial charge in [0.1, 0.15) is 0 Å². The lowest BCUT2D eigenvalue weighted by atomic mass is 10.1. The van der Waals surface area contributed by atoms with Gasteiger partial charge in [0.2, 0.25) is 17.8 Å². The molecule has 0 bridgehead atoms. The first-order valence-electron chi connectivity index (χ1n) is 9.49. The maximum atomic E-state index is 13.0. The van der Waals surface area contributed by atoms with Gasteiger partial charge >= 0.3 is 6.18 Å². The first kappa shape index (κ1) is 23.2. The summed E-state index contributed by atoms with van der Waals surface area (Å²) in [6, 6.07) is 12.6. The average Bonchev–Trinajstić information content (AvgIpc) is 2.77. The van der Waals surface area contributed by atoms with Crippen molar-refractivity contribution in [2.45, 2.75) is 19.0 Å². The zero-order chi connectivity index (χ0) is 23.3. The van der Waals surface area contributed by atoms with Crippen LogP contribution in [0.3, 0.4) is 0 Å². The van der Waals surface area contributed by atoms with E-state index >= 15 is 0 Å². The highest BCUT2D eigenvalue weighted by Crippen LogP contribution is 2.32. The molecule has 0 aliphatic rings. The summed E-state index contributed by atoms with van der Waals surface area (Å²) in [5.41, 5.74) is 0.426. The second-order valence-electron chi connectivity index (χ2n) is 6.70. The summed E-state index contributed by atoms with van der Waals surface area (Å²) in [4.78, 5) is 34.2. The van der Waals surface area contributed by atoms with Gasteiger partial charge in [-0.1, -0.05) is 23.7 Å². The second kappa shape index (κ2) is 9.78. The van der Waals surface area contributed by atoms with Gasteiger partial charge in [0.15, 0.2) is 0 Å². The number of alkyl halides is 3. The van der Waals surface area contributed by atoms with Crippen LogP contribution in [-0.4, -0.2) is 28.8 Å². The van der Waals surface area contributed by atoms with Crippen LogP contribution in [0.4, 0.5) is 24.8 Å². The lowest BCUT2D eigenvalue weighted by Crippen LogP contribution is -2.29. The Morgan fingerprint density at radius 3 is 2.41 bits per heavy atom. The molecular weight excluding hydrogens is 445 g/mol. The molecule has 2 aromatic carbocycles. The first-order valence-corrected chi connectivity index (χ1v) is 9.86. The summed E-state index contributed by atoms with van der Waals surface area (Å²) in [5.74, 6) is -0.931. The number of hydrogen-bond donors (Lipinski definition) is 1. The molecule has 3 aromatic rings. The van der Waals surface area contributed by atoms with E-state index in [1.807, 2.05) is 0 Å². The Balaban J connectivity index is 2.01. The molecule has 10 heteroatoms. The molecule has 0 saturated heterocycles. The third kappa shape index (κ3) is 5.61. The number of carbonyl (C=O) groups excluding carboxylic acids is 2. The van der Waals surface area contributed by atoms with Crippen molar-refractivity contribution in [2.75, 3.05) is 11.9 Å². The molecule has 32 heavy (non-hydrogen) atoms. The molecule has 0 atom stereocenters. The predicted octanol–water partition coefficient (Wildman–Crippen LogP) is 5.01. The quantitative estimate of drug-likeness (QED) is 0.559. The van der Waals surface area contributed by atoms with Crippen molar-refractivity contribution >= 4 is 35.1 Å². The van der Waals surface area contributed by atoms with Gasteiger partial charge in [0, 0.05) is 36.7 Å². The fourth-order valence-corrected chi connectivity index (χ4v) is 3.08. The van der Waals surface area contributed by atoms with Crippen LogP contribution in [0.25, 0.3) is 11.3 Å². The Labute approximate surface area is 187 Å². The van der Waals surface area contributed by atoms with E-state index in [-0.39, 0.29) is 30.4 Å². The Kier molecular flexibility index (Phi) is 7.09. The summed E-state index contributed by atoms with van der Waals surface area (Å²) < 4.78 is 38.9. The van der Waals surface area contributed by atoms with E-state index < -0.39 is 17.6 Å². The molecule has 166 valence electrons. The standard InChI is InChI=1S/C22H18ClF3N4O2/c1-27-19(31)9-10-20(32)30(17-7-5-15(6-8-17)22(24,25)26)21-28-12-11-18(29-21)14-3-2-4-16(23)13-14/h2-8,11-13H,9-10H2,1H3,(H,27,31). The highest BCUT2D eigenvalue weighted by atomic mass is 35.5. The molecule has 0 spiro atoms. The normalized spacial score (nSPS) is 11.2. The topological polar surface area (TPSA) is 75.2 Å². The number of benzene rings is 2. The minimum absolute atomic E-state index is 0.0378. The summed E-state index contributed by atoms with van der Waals surface area (Å²) in [7, 11) is 1.44. The third-order valence-electron chi connectivity index (χ3n) is 4.51. The average molecular weight is 463 g/mol. The second-order valence-corrected chi connectivity index (χ2v) is 7.14. The SMILES string of the molecule is CNC(=O)CCC(=O)N(c1ccc(C(F)(F)F)cc1)c1nccc(-c2cccc(Cl)c2)n1. The van der Waals surface area contributed by atoms with E-state index in [9.17, 15) is 22.8 Å². The number of aromatic nitrogens is 2. The summed E-state index contributed by atoms with van der Waals surface area (Å²) >= 11 is 6.04. The van der Waals surface area contributed by atoms with E-state index in [4.69, 9.17) is 11.6 Å². The highest BCUT2D eigenvalue weighted by molar-refractivity contribution is 6.30. The van der Waals surface area contributed by atoms with Crippen LogP contribution in [0.1, 0.15) is 18.4 Å². The summed E-state index contributed by atoms with van der Waals surface area (Å²) in [5, 5.41) is 2.91. The lowest BCUT2D eigenvalue weighted by molar-refractivity contribution is -0.137. The molecular formula is C22H18ClF3N4O2.